The molecule has 1 saturated carbocycles. The van der Waals surface area contributed by atoms with Crippen LogP contribution in [0.2, 0.25) is 0 Å². The Kier molecular flexibility index (Phi) is 7.76. The maximum Gasteiger partial charge on any atom is 0.416 e. The van der Waals surface area contributed by atoms with E-state index in [2.05, 4.69) is 15.6 Å². The number of alkyl halides is 3. The number of carbonyl (C=O) groups is 1. The number of rotatable bonds is 7. The SMILES string of the molecule is CN(C)c1nc(NC2CCC(CNC(=O)C=Cc3cccc(C(F)(F)F)c3)CC2)nc2ccccc12. The average Bonchev–Trinajstić information content (AvgIpc) is 2.86. The molecule has 2 aromatic carbocycles. The summed E-state index contributed by atoms with van der Waals surface area (Å²) in [5.41, 5.74) is 0.496. The Labute approximate surface area is 208 Å². The van der Waals surface area contributed by atoms with Crippen LogP contribution in [0.1, 0.15) is 36.8 Å². The van der Waals surface area contributed by atoms with E-state index in [1.807, 2.05) is 43.3 Å². The van der Waals surface area contributed by atoms with Crippen molar-refractivity contribution in [2.75, 3.05) is 30.9 Å². The number of fused-ring (bicyclic) bond motifs is 1. The number of aromatic nitrogens is 2. The molecule has 0 aliphatic heterocycles. The first-order valence-corrected chi connectivity index (χ1v) is 12.0. The molecule has 1 amide bonds. The zero-order valence-electron chi connectivity index (χ0n) is 20.3. The van der Waals surface area contributed by atoms with Gasteiger partial charge in [0.25, 0.3) is 0 Å². The zero-order chi connectivity index (χ0) is 25.7. The minimum Gasteiger partial charge on any atom is -0.362 e. The second kappa shape index (κ2) is 11.0. The summed E-state index contributed by atoms with van der Waals surface area (Å²) in [5.74, 6) is 1.53. The molecule has 4 rings (SSSR count). The average molecular weight is 498 g/mol. The van der Waals surface area contributed by atoms with Gasteiger partial charge in [-0.2, -0.15) is 18.2 Å². The van der Waals surface area contributed by atoms with E-state index in [4.69, 9.17) is 4.98 Å². The van der Waals surface area contributed by atoms with Crippen LogP contribution in [0.25, 0.3) is 17.0 Å². The fourth-order valence-electron chi connectivity index (χ4n) is 4.45. The van der Waals surface area contributed by atoms with Gasteiger partial charge in [-0.05, 0) is 67.5 Å². The van der Waals surface area contributed by atoms with Gasteiger partial charge in [-0.25, -0.2) is 4.98 Å². The van der Waals surface area contributed by atoms with Crippen LogP contribution < -0.4 is 15.5 Å². The maximum atomic E-state index is 12.8. The van der Waals surface area contributed by atoms with Crippen molar-refractivity contribution in [3.63, 3.8) is 0 Å². The van der Waals surface area contributed by atoms with E-state index in [0.717, 1.165) is 54.5 Å². The molecule has 0 spiro atoms. The molecule has 1 aliphatic rings. The zero-order valence-corrected chi connectivity index (χ0v) is 20.3. The Morgan fingerprint density at radius 2 is 1.81 bits per heavy atom. The first-order chi connectivity index (χ1) is 17.2. The number of hydrogen-bond acceptors (Lipinski definition) is 5. The predicted molar refractivity (Wildman–Crippen MR) is 137 cm³/mol. The van der Waals surface area contributed by atoms with Gasteiger partial charge < -0.3 is 15.5 Å². The van der Waals surface area contributed by atoms with Gasteiger partial charge in [0.2, 0.25) is 11.9 Å². The van der Waals surface area contributed by atoms with E-state index in [0.29, 0.717) is 24.0 Å². The lowest BCUT2D eigenvalue weighted by atomic mass is 9.86. The Hall–Kier alpha value is -3.62. The van der Waals surface area contributed by atoms with E-state index in [1.165, 1.54) is 24.3 Å². The molecule has 0 unspecified atom stereocenters. The Morgan fingerprint density at radius 3 is 2.53 bits per heavy atom. The highest BCUT2D eigenvalue weighted by Crippen LogP contribution is 2.30. The number of hydrogen-bond donors (Lipinski definition) is 2. The van der Waals surface area contributed by atoms with Crippen LogP contribution in [0, 0.1) is 5.92 Å². The van der Waals surface area contributed by atoms with Gasteiger partial charge in [-0.15, -0.1) is 0 Å². The molecule has 0 bridgehead atoms. The van der Waals surface area contributed by atoms with Crippen LogP contribution in [-0.4, -0.2) is 42.6 Å². The molecular weight excluding hydrogens is 467 g/mol. The number of carbonyl (C=O) groups excluding carboxylic acids is 1. The summed E-state index contributed by atoms with van der Waals surface area (Å²) in [6.07, 6.45) is 2.04. The summed E-state index contributed by atoms with van der Waals surface area (Å²) < 4.78 is 38.5. The van der Waals surface area contributed by atoms with Crippen molar-refractivity contribution < 1.29 is 18.0 Å². The summed E-state index contributed by atoms with van der Waals surface area (Å²) in [6, 6.07) is 13.1. The van der Waals surface area contributed by atoms with Crippen LogP contribution >= 0.6 is 0 Å². The third-order valence-electron chi connectivity index (χ3n) is 6.39. The molecule has 36 heavy (non-hydrogen) atoms. The van der Waals surface area contributed by atoms with Crippen molar-refractivity contribution in [2.45, 2.75) is 37.9 Å². The van der Waals surface area contributed by atoms with Crippen molar-refractivity contribution in [3.8, 4) is 0 Å². The molecule has 3 aromatic rings. The normalized spacial score (nSPS) is 18.4. The Balaban J connectivity index is 1.26. The second-order valence-corrected chi connectivity index (χ2v) is 9.35. The van der Waals surface area contributed by atoms with Crippen molar-refractivity contribution in [3.05, 3.63) is 65.7 Å². The lowest BCUT2D eigenvalue weighted by Gasteiger charge is -2.29. The van der Waals surface area contributed by atoms with Crippen molar-refractivity contribution in [1.82, 2.24) is 15.3 Å². The number of amides is 1. The van der Waals surface area contributed by atoms with Crippen molar-refractivity contribution in [2.24, 2.45) is 5.92 Å². The van der Waals surface area contributed by atoms with Gasteiger partial charge in [0, 0.05) is 38.1 Å². The van der Waals surface area contributed by atoms with Crippen molar-refractivity contribution in [1.29, 1.82) is 0 Å². The summed E-state index contributed by atoms with van der Waals surface area (Å²) >= 11 is 0. The van der Waals surface area contributed by atoms with E-state index in [-0.39, 0.29) is 11.9 Å². The second-order valence-electron chi connectivity index (χ2n) is 9.35. The van der Waals surface area contributed by atoms with E-state index >= 15 is 0 Å². The highest BCUT2D eigenvalue weighted by atomic mass is 19.4. The first-order valence-electron chi connectivity index (χ1n) is 12.0. The molecule has 1 heterocycles. The van der Waals surface area contributed by atoms with Gasteiger partial charge in [0.15, 0.2) is 0 Å². The molecule has 190 valence electrons. The monoisotopic (exact) mass is 497 g/mol. The molecule has 0 atom stereocenters. The highest BCUT2D eigenvalue weighted by Gasteiger charge is 2.30. The smallest absolute Gasteiger partial charge is 0.362 e. The fourth-order valence-corrected chi connectivity index (χ4v) is 4.45. The van der Waals surface area contributed by atoms with Crippen molar-refractivity contribution >= 4 is 34.7 Å². The van der Waals surface area contributed by atoms with Gasteiger partial charge >= 0.3 is 6.18 Å². The number of anilines is 2. The number of nitrogens with one attached hydrogen (secondary N) is 2. The Bertz CT molecular complexity index is 1230. The van der Waals surface area contributed by atoms with Crippen LogP contribution in [0.3, 0.4) is 0 Å². The van der Waals surface area contributed by atoms with Crippen LogP contribution in [0.4, 0.5) is 24.9 Å². The molecule has 2 N–H and O–H groups in total. The van der Waals surface area contributed by atoms with Gasteiger partial charge in [0.1, 0.15) is 5.82 Å². The summed E-state index contributed by atoms with van der Waals surface area (Å²) in [4.78, 5) is 23.6. The van der Waals surface area contributed by atoms with Gasteiger partial charge in [0.05, 0.1) is 11.1 Å². The predicted octanol–water partition coefficient (Wildman–Crippen LogP) is 5.51. The quantitative estimate of drug-likeness (QED) is 0.421. The first kappa shape index (κ1) is 25.5. The van der Waals surface area contributed by atoms with E-state index in [1.54, 1.807) is 0 Å². The van der Waals surface area contributed by atoms with Crippen LogP contribution in [-0.2, 0) is 11.0 Å². The molecule has 1 aliphatic carbocycles. The lowest BCUT2D eigenvalue weighted by molar-refractivity contribution is -0.137. The fraction of sp³-hybridized carbons (Fsp3) is 0.370. The number of benzene rings is 2. The van der Waals surface area contributed by atoms with Crippen LogP contribution in [0.15, 0.2) is 54.6 Å². The molecule has 9 heteroatoms. The number of halogens is 3. The molecule has 6 nitrogen and oxygen atoms in total. The Morgan fingerprint density at radius 1 is 1.06 bits per heavy atom. The standard InChI is InChI=1S/C27H30F3N5O/c1-35(2)25-22-8-3-4-9-23(22)33-26(34-25)32-21-13-10-19(11-14-21)17-31-24(36)15-12-18-6-5-7-20(16-18)27(28,29)30/h3-9,12,15-16,19,21H,10-11,13-14,17H2,1-2H3,(H,31,36)(H,32,33,34). The van der Waals surface area contributed by atoms with E-state index < -0.39 is 11.7 Å². The molecule has 1 aromatic heterocycles. The third-order valence-corrected chi connectivity index (χ3v) is 6.39. The van der Waals surface area contributed by atoms with E-state index in [9.17, 15) is 18.0 Å². The highest BCUT2D eigenvalue weighted by molar-refractivity contribution is 5.92. The van der Waals surface area contributed by atoms with Gasteiger partial charge in [-0.3, -0.25) is 4.79 Å². The molecule has 0 radical (unpaired) electrons. The topological polar surface area (TPSA) is 70.2 Å². The minimum absolute atomic E-state index is 0.258. The summed E-state index contributed by atoms with van der Waals surface area (Å²) in [6.45, 7) is 0.537. The summed E-state index contributed by atoms with van der Waals surface area (Å²) in [5, 5.41) is 7.36. The molecule has 1 fully saturated rings. The number of nitrogens with zero attached hydrogens (tertiary/aromatic N) is 3. The number of para-hydroxylation sites is 1. The maximum absolute atomic E-state index is 12.8. The third kappa shape index (κ3) is 6.53. The summed E-state index contributed by atoms with van der Waals surface area (Å²) in [7, 11) is 3.93. The largest absolute Gasteiger partial charge is 0.416 e. The molecule has 0 saturated heterocycles. The lowest BCUT2D eigenvalue weighted by Crippen LogP contribution is -2.33. The van der Waals surface area contributed by atoms with Crippen LogP contribution in [0.5, 0.6) is 0 Å². The van der Waals surface area contributed by atoms with Gasteiger partial charge in [-0.1, -0.05) is 24.3 Å². The molecular formula is C27H30F3N5O. The minimum atomic E-state index is -4.41.